The minimum absolute atomic E-state index is 0.0360. The van der Waals surface area contributed by atoms with Crippen LogP contribution >= 0.6 is 0 Å². The Hall–Kier alpha value is -6.10. The molecule has 1 aliphatic rings. The summed E-state index contributed by atoms with van der Waals surface area (Å²) in [7, 11) is 0. The number of aliphatic imine (C=N–C) groups is 1. The van der Waals surface area contributed by atoms with Gasteiger partial charge in [-0.3, -0.25) is 4.79 Å². The highest BCUT2D eigenvalue weighted by Crippen LogP contribution is 2.23. The van der Waals surface area contributed by atoms with E-state index in [9.17, 15) is 9.59 Å². The molecule has 262 valence electrons. The number of amides is 1. The number of hydrogen-bond donors (Lipinski definition) is 3. The molecular weight excluding hydrogens is 642 g/mol. The van der Waals surface area contributed by atoms with Gasteiger partial charge in [-0.15, -0.1) is 0 Å². The van der Waals surface area contributed by atoms with Gasteiger partial charge in [0, 0.05) is 17.7 Å². The minimum Gasteiger partial charge on any atom is -0.490 e. The number of aliphatic hydroxyl groups is 1. The Bertz CT molecular complexity index is 1780. The summed E-state index contributed by atoms with van der Waals surface area (Å²) in [4.78, 5) is 26.5. The molecule has 1 aliphatic heterocycles. The lowest BCUT2D eigenvalue weighted by molar-refractivity contribution is 0.0696. The monoisotopic (exact) mass is 683 g/mol. The van der Waals surface area contributed by atoms with Crippen molar-refractivity contribution >= 4 is 17.8 Å². The molecule has 13 nitrogen and oxygen atoms in total. The minimum atomic E-state index is -1.05. The van der Waals surface area contributed by atoms with E-state index in [-0.39, 0.29) is 48.5 Å². The summed E-state index contributed by atoms with van der Waals surface area (Å²) in [6, 6.07) is 20.3. The molecule has 50 heavy (non-hydrogen) atoms. The van der Waals surface area contributed by atoms with E-state index in [1.165, 1.54) is 24.3 Å². The van der Waals surface area contributed by atoms with Crippen molar-refractivity contribution in [2.75, 3.05) is 26.3 Å². The van der Waals surface area contributed by atoms with Crippen molar-refractivity contribution in [3.8, 4) is 35.5 Å². The average molecular weight is 684 g/mol. The normalized spacial score (nSPS) is 11.3. The van der Waals surface area contributed by atoms with Gasteiger partial charge in [-0.2, -0.15) is 15.8 Å². The maximum atomic E-state index is 11.6. The van der Waals surface area contributed by atoms with Gasteiger partial charge in [-0.1, -0.05) is 0 Å². The van der Waals surface area contributed by atoms with E-state index in [1.54, 1.807) is 24.3 Å². The summed E-state index contributed by atoms with van der Waals surface area (Å²) in [5.74, 6) is 0.713. The predicted octanol–water partition coefficient (Wildman–Crippen LogP) is 5.23. The summed E-state index contributed by atoms with van der Waals surface area (Å²) in [5, 5.41) is 46.8. The maximum absolute atomic E-state index is 11.6. The van der Waals surface area contributed by atoms with Gasteiger partial charge in [-0.25, -0.2) is 9.79 Å². The molecule has 0 bridgehead atoms. The van der Waals surface area contributed by atoms with Crippen LogP contribution in [0.1, 0.15) is 84.5 Å². The van der Waals surface area contributed by atoms with Crippen LogP contribution in [-0.4, -0.2) is 72.6 Å². The number of benzene rings is 3. The molecule has 0 saturated carbocycles. The fourth-order valence-electron chi connectivity index (χ4n) is 4.11. The highest BCUT2D eigenvalue weighted by atomic mass is 16.5. The molecule has 0 atom stereocenters. The van der Waals surface area contributed by atoms with Gasteiger partial charge in [0.25, 0.3) is 5.91 Å². The number of nitrogens with one attached hydrogen (secondary N) is 1. The Morgan fingerprint density at radius 3 is 1.66 bits per heavy atom. The van der Waals surface area contributed by atoms with E-state index in [1.807, 2.05) is 59.7 Å². The molecule has 13 heteroatoms. The molecule has 0 fully saturated rings. The smallest absolute Gasteiger partial charge is 0.335 e. The zero-order chi connectivity index (χ0) is 37.2. The molecule has 3 N–H and O–H groups in total. The van der Waals surface area contributed by atoms with Crippen molar-refractivity contribution in [1.82, 2.24) is 5.32 Å². The van der Waals surface area contributed by atoms with Crippen molar-refractivity contribution in [2.24, 2.45) is 4.99 Å². The van der Waals surface area contributed by atoms with Crippen molar-refractivity contribution in [2.45, 2.75) is 59.9 Å². The van der Waals surface area contributed by atoms with Gasteiger partial charge < -0.3 is 34.5 Å². The number of carboxylic acids is 1. The highest BCUT2D eigenvalue weighted by Gasteiger charge is 2.14. The molecule has 0 spiro atoms. The molecule has 4 rings (SSSR count). The lowest BCUT2D eigenvalue weighted by atomic mass is 10.1. The number of hydrogen-bond acceptors (Lipinski definition) is 11. The third-order valence-corrected chi connectivity index (χ3v) is 6.13. The highest BCUT2D eigenvalue weighted by molar-refractivity contribution is 5.95. The number of ether oxygens (including phenoxy) is 4. The largest absolute Gasteiger partial charge is 0.490 e. The zero-order valence-corrected chi connectivity index (χ0v) is 28.9. The van der Waals surface area contributed by atoms with Crippen molar-refractivity contribution in [1.29, 1.82) is 15.8 Å². The van der Waals surface area contributed by atoms with E-state index < -0.39 is 5.97 Å². The van der Waals surface area contributed by atoms with Crippen LogP contribution in [0.2, 0.25) is 0 Å². The molecule has 0 radical (unpaired) electrons. The Labute approximate surface area is 291 Å². The van der Waals surface area contributed by atoms with Crippen molar-refractivity contribution in [3.05, 3.63) is 88.0 Å². The van der Waals surface area contributed by atoms with Crippen LogP contribution in [0.3, 0.4) is 0 Å². The first-order chi connectivity index (χ1) is 23.8. The molecule has 1 heterocycles. The second-order valence-corrected chi connectivity index (χ2v) is 11.3. The summed E-state index contributed by atoms with van der Waals surface area (Å²) < 4.78 is 21.7. The van der Waals surface area contributed by atoms with Gasteiger partial charge in [0.15, 0.2) is 0 Å². The maximum Gasteiger partial charge on any atom is 0.335 e. The lowest BCUT2D eigenvalue weighted by Gasteiger charge is -2.12. The number of nitrogens with zero attached hydrogens (tertiary/aromatic N) is 4. The fourth-order valence-corrected chi connectivity index (χ4v) is 4.11. The summed E-state index contributed by atoms with van der Waals surface area (Å²) in [6.07, 6.45) is -0.0352. The SMILES string of the molecule is CC(C)Oc1ccc(C(=O)NCCO)cc1C#N.CC(C)Oc1ccc(C(=O)O)cc1C#N.CC(C)Oc1ccc(C2=NCCO2)cc1C#N. The van der Waals surface area contributed by atoms with Crippen LogP contribution in [-0.2, 0) is 4.74 Å². The fraction of sp³-hybridized carbons (Fsp3) is 0.351. The summed E-state index contributed by atoms with van der Waals surface area (Å²) in [6.45, 7) is 12.6. The molecule has 0 aromatic heterocycles. The van der Waals surface area contributed by atoms with Crippen LogP contribution in [0, 0.1) is 34.0 Å². The standard InChI is InChI=1S/C13H16N2O3.C13H14N2O2.C11H11NO3/c1-9(2)18-12-4-3-10(7-11(12)8-14)13(17)15-5-6-16;1-9(2)17-12-4-3-10(7-11(12)8-14)13-15-5-6-16-13;1-7(2)15-10-4-3-8(11(13)14)5-9(10)6-12/h3-4,7,9,16H,5-6H2,1-2H3,(H,15,17);3-4,7,9H,5-6H2,1-2H3;3-5,7H,1-2H3,(H,13,14). The van der Waals surface area contributed by atoms with Crippen molar-refractivity contribution < 1.29 is 38.7 Å². The Morgan fingerprint density at radius 2 is 1.24 bits per heavy atom. The lowest BCUT2D eigenvalue weighted by Crippen LogP contribution is -2.26. The first kappa shape index (κ1) is 40.1. The Morgan fingerprint density at radius 1 is 0.780 bits per heavy atom. The number of aliphatic hydroxyl groups excluding tert-OH is 1. The van der Waals surface area contributed by atoms with E-state index in [2.05, 4.69) is 16.4 Å². The topological polar surface area (TPSA) is 207 Å². The number of rotatable bonds is 11. The van der Waals surface area contributed by atoms with E-state index >= 15 is 0 Å². The molecule has 0 aliphatic carbocycles. The number of carboxylic acid groups (broad SMARTS) is 1. The molecule has 3 aromatic rings. The second kappa shape index (κ2) is 20.3. The number of aromatic carboxylic acids is 1. The third kappa shape index (κ3) is 12.8. The number of carbonyl (C=O) groups excluding carboxylic acids is 1. The molecule has 1 amide bonds. The van der Waals surface area contributed by atoms with Gasteiger partial charge in [-0.05, 0) is 96.1 Å². The second-order valence-electron chi connectivity index (χ2n) is 11.3. The predicted molar refractivity (Wildman–Crippen MR) is 184 cm³/mol. The Kier molecular flexibility index (Phi) is 16.3. The van der Waals surface area contributed by atoms with Crippen LogP contribution in [0.4, 0.5) is 0 Å². The van der Waals surface area contributed by atoms with Gasteiger partial charge >= 0.3 is 5.97 Å². The number of carbonyl (C=O) groups is 2. The van der Waals surface area contributed by atoms with Crippen LogP contribution in [0.15, 0.2) is 59.6 Å². The first-order valence-corrected chi connectivity index (χ1v) is 15.8. The summed E-state index contributed by atoms with van der Waals surface area (Å²) >= 11 is 0. The average Bonchev–Trinajstić information content (AvgIpc) is 3.63. The van der Waals surface area contributed by atoms with E-state index in [4.69, 9.17) is 44.9 Å². The van der Waals surface area contributed by atoms with Crippen LogP contribution in [0.25, 0.3) is 0 Å². The molecular formula is C37H41N5O8. The van der Waals surface area contributed by atoms with Gasteiger partial charge in [0.2, 0.25) is 5.90 Å². The summed E-state index contributed by atoms with van der Waals surface area (Å²) in [5.41, 5.74) is 2.35. The zero-order valence-electron chi connectivity index (χ0n) is 28.9. The van der Waals surface area contributed by atoms with Crippen LogP contribution < -0.4 is 19.5 Å². The molecule has 3 aromatic carbocycles. The van der Waals surface area contributed by atoms with E-state index in [0.717, 1.165) is 5.56 Å². The van der Waals surface area contributed by atoms with Gasteiger partial charge in [0.05, 0.1) is 53.7 Å². The third-order valence-electron chi connectivity index (χ3n) is 6.13. The van der Waals surface area contributed by atoms with Crippen LogP contribution in [0.5, 0.6) is 17.2 Å². The quantitative estimate of drug-likeness (QED) is 0.238. The molecule has 0 unspecified atom stereocenters. The van der Waals surface area contributed by atoms with Gasteiger partial charge in [0.1, 0.15) is 42.1 Å². The van der Waals surface area contributed by atoms with E-state index in [0.29, 0.717) is 53.0 Å². The molecule has 0 saturated heterocycles. The Balaban J connectivity index is 0.000000261. The first-order valence-electron chi connectivity index (χ1n) is 15.8. The number of nitriles is 3. The van der Waals surface area contributed by atoms with Crippen molar-refractivity contribution in [3.63, 3.8) is 0 Å².